The number of hydrogen-bond donors (Lipinski definition) is 1. The summed E-state index contributed by atoms with van der Waals surface area (Å²) < 4.78 is 0. The fourth-order valence-electron chi connectivity index (χ4n) is 2.12. The molecule has 96 valence electrons. The second kappa shape index (κ2) is 5.68. The maximum atomic E-state index is 3.66. The summed E-state index contributed by atoms with van der Waals surface area (Å²) in [4.78, 5) is 1.39. The molecule has 0 amide bonds. The number of nitrogens with one attached hydrogen (secondary N) is 1. The van der Waals surface area contributed by atoms with Crippen molar-refractivity contribution >= 4 is 11.3 Å². The molecule has 1 aromatic carbocycles. The summed E-state index contributed by atoms with van der Waals surface area (Å²) in [6, 6.07) is 11.8. The van der Waals surface area contributed by atoms with Gasteiger partial charge in [0.25, 0.3) is 0 Å². The quantitative estimate of drug-likeness (QED) is 0.833. The van der Waals surface area contributed by atoms with E-state index in [1.165, 1.54) is 21.6 Å². The number of benzene rings is 1. The zero-order valence-corrected chi connectivity index (χ0v) is 12.3. The first kappa shape index (κ1) is 13.3. The first-order valence-electron chi connectivity index (χ1n) is 6.44. The van der Waals surface area contributed by atoms with E-state index in [0.717, 1.165) is 0 Å². The SMILES string of the molecule is Cc1ccc(C(C)NC(C)c2cccs2)cc1C. The lowest BCUT2D eigenvalue weighted by Crippen LogP contribution is -2.21. The second-order valence-electron chi connectivity index (χ2n) is 4.97. The molecule has 18 heavy (non-hydrogen) atoms. The topological polar surface area (TPSA) is 12.0 Å². The predicted octanol–water partition coefficient (Wildman–Crippen LogP) is 4.78. The highest BCUT2D eigenvalue weighted by atomic mass is 32.1. The summed E-state index contributed by atoms with van der Waals surface area (Å²) in [6.45, 7) is 8.79. The molecule has 2 aromatic rings. The van der Waals surface area contributed by atoms with E-state index in [4.69, 9.17) is 0 Å². The number of thiophene rings is 1. The van der Waals surface area contributed by atoms with Gasteiger partial charge in [0.15, 0.2) is 0 Å². The van der Waals surface area contributed by atoms with Crippen molar-refractivity contribution in [3.8, 4) is 0 Å². The monoisotopic (exact) mass is 259 g/mol. The summed E-state index contributed by atoms with van der Waals surface area (Å²) in [7, 11) is 0. The Labute approximate surface area is 114 Å². The van der Waals surface area contributed by atoms with Crippen LogP contribution in [0.2, 0.25) is 0 Å². The van der Waals surface area contributed by atoms with Crippen molar-refractivity contribution in [1.82, 2.24) is 5.32 Å². The Balaban J connectivity index is 2.07. The molecular weight excluding hydrogens is 238 g/mol. The molecule has 0 radical (unpaired) electrons. The minimum Gasteiger partial charge on any atom is -0.303 e. The molecule has 0 bridgehead atoms. The molecule has 1 heterocycles. The Kier molecular flexibility index (Phi) is 4.20. The van der Waals surface area contributed by atoms with Gasteiger partial charge >= 0.3 is 0 Å². The van der Waals surface area contributed by atoms with Gasteiger partial charge in [-0.3, -0.25) is 0 Å². The molecule has 0 aliphatic heterocycles. The van der Waals surface area contributed by atoms with Crippen molar-refractivity contribution in [2.45, 2.75) is 39.8 Å². The van der Waals surface area contributed by atoms with Crippen LogP contribution in [0.25, 0.3) is 0 Å². The normalized spacial score (nSPS) is 14.4. The number of aryl methyl sites for hydroxylation is 2. The van der Waals surface area contributed by atoms with E-state index in [0.29, 0.717) is 12.1 Å². The van der Waals surface area contributed by atoms with Crippen LogP contribution < -0.4 is 5.32 Å². The largest absolute Gasteiger partial charge is 0.303 e. The van der Waals surface area contributed by atoms with Gasteiger partial charge in [0.05, 0.1) is 0 Å². The van der Waals surface area contributed by atoms with E-state index < -0.39 is 0 Å². The standard InChI is InChI=1S/C16H21NS/c1-11-7-8-15(10-12(11)2)13(3)17-14(4)16-6-5-9-18-16/h5-10,13-14,17H,1-4H3. The highest BCUT2D eigenvalue weighted by Gasteiger charge is 2.12. The predicted molar refractivity (Wildman–Crippen MR) is 80.2 cm³/mol. The minimum absolute atomic E-state index is 0.376. The van der Waals surface area contributed by atoms with Gasteiger partial charge < -0.3 is 5.32 Å². The maximum Gasteiger partial charge on any atom is 0.0391 e. The van der Waals surface area contributed by atoms with Crippen LogP contribution in [0.3, 0.4) is 0 Å². The molecule has 0 aliphatic carbocycles. The Morgan fingerprint density at radius 1 is 1.00 bits per heavy atom. The van der Waals surface area contributed by atoms with Gasteiger partial charge in [0.2, 0.25) is 0 Å². The van der Waals surface area contributed by atoms with Crippen molar-refractivity contribution in [3.63, 3.8) is 0 Å². The summed E-state index contributed by atoms with van der Waals surface area (Å²) >= 11 is 1.81. The summed E-state index contributed by atoms with van der Waals surface area (Å²) in [6.07, 6.45) is 0. The van der Waals surface area contributed by atoms with Gasteiger partial charge in [-0.05, 0) is 55.8 Å². The Bertz CT molecular complexity index is 502. The van der Waals surface area contributed by atoms with Crippen molar-refractivity contribution in [1.29, 1.82) is 0 Å². The molecule has 1 nitrogen and oxygen atoms in total. The Morgan fingerprint density at radius 2 is 1.78 bits per heavy atom. The van der Waals surface area contributed by atoms with Gasteiger partial charge in [-0.25, -0.2) is 0 Å². The molecule has 0 aliphatic rings. The van der Waals surface area contributed by atoms with Crippen LogP contribution in [-0.4, -0.2) is 0 Å². The smallest absolute Gasteiger partial charge is 0.0391 e. The van der Waals surface area contributed by atoms with Crippen LogP contribution in [0.1, 0.15) is 47.5 Å². The average Bonchev–Trinajstić information content (AvgIpc) is 2.86. The van der Waals surface area contributed by atoms with Crippen molar-refractivity contribution in [2.75, 3.05) is 0 Å². The van der Waals surface area contributed by atoms with Crippen molar-refractivity contribution in [2.24, 2.45) is 0 Å². The third kappa shape index (κ3) is 3.01. The van der Waals surface area contributed by atoms with E-state index >= 15 is 0 Å². The molecule has 0 saturated carbocycles. The van der Waals surface area contributed by atoms with Crippen LogP contribution in [0.5, 0.6) is 0 Å². The van der Waals surface area contributed by atoms with Crippen LogP contribution >= 0.6 is 11.3 Å². The molecule has 2 heteroatoms. The van der Waals surface area contributed by atoms with E-state index in [1.807, 2.05) is 11.3 Å². The molecule has 1 aromatic heterocycles. The molecule has 2 rings (SSSR count). The molecular formula is C16H21NS. The van der Waals surface area contributed by atoms with Gasteiger partial charge in [0.1, 0.15) is 0 Å². The first-order valence-corrected chi connectivity index (χ1v) is 7.32. The highest BCUT2D eigenvalue weighted by Crippen LogP contribution is 2.23. The first-order chi connectivity index (χ1) is 8.58. The fourth-order valence-corrected chi connectivity index (χ4v) is 2.87. The molecule has 2 unspecified atom stereocenters. The van der Waals surface area contributed by atoms with Gasteiger partial charge in [-0.1, -0.05) is 24.3 Å². The lowest BCUT2D eigenvalue weighted by Gasteiger charge is -2.20. The van der Waals surface area contributed by atoms with Crippen LogP contribution in [0.15, 0.2) is 35.7 Å². The number of hydrogen-bond acceptors (Lipinski definition) is 2. The molecule has 2 atom stereocenters. The van der Waals surface area contributed by atoms with Crippen LogP contribution in [0.4, 0.5) is 0 Å². The van der Waals surface area contributed by atoms with Gasteiger partial charge in [-0.15, -0.1) is 11.3 Å². The zero-order chi connectivity index (χ0) is 13.1. The third-order valence-corrected chi connectivity index (χ3v) is 4.56. The highest BCUT2D eigenvalue weighted by molar-refractivity contribution is 7.10. The molecule has 0 spiro atoms. The van der Waals surface area contributed by atoms with Gasteiger partial charge in [-0.2, -0.15) is 0 Å². The maximum absolute atomic E-state index is 3.66. The zero-order valence-electron chi connectivity index (χ0n) is 11.5. The summed E-state index contributed by atoms with van der Waals surface area (Å²) in [5, 5.41) is 5.79. The lowest BCUT2D eigenvalue weighted by atomic mass is 10.0. The number of rotatable bonds is 4. The molecule has 0 saturated heterocycles. The fraction of sp³-hybridized carbons (Fsp3) is 0.375. The molecule has 1 N–H and O–H groups in total. The average molecular weight is 259 g/mol. The van der Waals surface area contributed by atoms with Crippen molar-refractivity contribution < 1.29 is 0 Å². The van der Waals surface area contributed by atoms with Crippen molar-refractivity contribution in [3.05, 3.63) is 57.3 Å². The van der Waals surface area contributed by atoms with Gasteiger partial charge in [0, 0.05) is 17.0 Å². The second-order valence-corrected chi connectivity index (χ2v) is 5.95. The van der Waals surface area contributed by atoms with E-state index in [1.54, 1.807) is 0 Å². The van der Waals surface area contributed by atoms with Crippen LogP contribution in [0, 0.1) is 13.8 Å². The Morgan fingerprint density at radius 3 is 2.39 bits per heavy atom. The minimum atomic E-state index is 0.376. The van der Waals surface area contributed by atoms with E-state index in [-0.39, 0.29) is 0 Å². The third-order valence-electron chi connectivity index (χ3n) is 3.50. The summed E-state index contributed by atoms with van der Waals surface area (Å²) in [5.74, 6) is 0. The lowest BCUT2D eigenvalue weighted by molar-refractivity contribution is 0.500. The van der Waals surface area contributed by atoms with Crippen LogP contribution in [-0.2, 0) is 0 Å². The summed E-state index contributed by atoms with van der Waals surface area (Å²) in [5.41, 5.74) is 4.09. The Hall–Kier alpha value is -1.12. The van der Waals surface area contributed by atoms with E-state index in [2.05, 4.69) is 68.7 Å². The molecule has 0 fully saturated rings. The van der Waals surface area contributed by atoms with E-state index in [9.17, 15) is 0 Å².